The molecule has 0 spiro atoms. The molecule has 0 radical (unpaired) electrons. The molecule has 2 nitrogen and oxygen atoms in total. The summed E-state index contributed by atoms with van der Waals surface area (Å²) >= 11 is 0. The van der Waals surface area contributed by atoms with E-state index >= 15 is 0 Å². The van der Waals surface area contributed by atoms with Gasteiger partial charge in [-0.2, -0.15) is 0 Å². The highest BCUT2D eigenvalue weighted by Crippen LogP contribution is 2.28. The maximum absolute atomic E-state index is 13.6. The third-order valence-electron chi connectivity index (χ3n) is 2.25. The van der Waals surface area contributed by atoms with Crippen LogP contribution in [0.1, 0.15) is 19.5 Å². The highest BCUT2D eigenvalue weighted by molar-refractivity contribution is 5.81. The molecule has 0 aliphatic heterocycles. The van der Waals surface area contributed by atoms with Gasteiger partial charge >= 0.3 is 0 Å². The van der Waals surface area contributed by atoms with Crippen molar-refractivity contribution in [3.05, 3.63) is 30.0 Å². The predicted molar refractivity (Wildman–Crippen MR) is 54.1 cm³/mol. The van der Waals surface area contributed by atoms with Gasteiger partial charge in [-0.25, -0.2) is 4.39 Å². The van der Waals surface area contributed by atoms with Gasteiger partial charge in [-0.05, 0) is 32.0 Å². The minimum Gasteiger partial charge on any atom is -0.508 e. The molecule has 2 aromatic rings. The number of hydrogen-bond acceptors (Lipinski definition) is 1. The summed E-state index contributed by atoms with van der Waals surface area (Å²) in [7, 11) is 0. The molecular weight excluding hydrogens is 181 g/mol. The van der Waals surface area contributed by atoms with Crippen LogP contribution in [-0.4, -0.2) is 10.1 Å². The van der Waals surface area contributed by atoms with Crippen LogP contribution in [-0.2, 0) is 5.67 Å². The van der Waals surface area contributed by atoms with Gasteiger partial charge in [0.1, 0.15) is 11.4 Å². The number of H-pyrrole nitrogens is 1. The molecule has 1 aromatic carbocycles. The number of alkyl halides is 1. The molecule has 2 rings (SSSR count). The predicted octanol–water partition coefficient (Wildman–Crippen LogP) is 3.08. The average Bonchev–Trinajstić information content (AvgIpc) is 2.45. The summed E-state index contributed by atoms with van der Waals surface area (Å²) in [5.41, 5.74) is -0.0990. The lowest BCUT2D eigenvalue weighted by molar-refractivity contribution is 0.215. The number of aromatic hydroxyl groups is 1. The summed E-state index contributed by atoms with van der Waals surface area (Å²) < 4.78 is 13.6. The second-order valence-corrected chi connectivity index (χ2v) is 3.93. The van der Waals surface area contributed by atoms with Crippen LogP contribution in [0.3, 0.4) is 0 Å². The fourth-order valence-corrected chi connectivity index (χ4v) is 1.44. The number of aromatic amines is 1. The van der Waals surface area contributed by atoms with E-state index in [-0.39, 0.29) is 5.75 Å². The first-order valence-corrected chi connectivity index (χ1v) is 4.48. The number of aromatic nitrogens is 1. The molecule has 0 unspecified atom stereocenters. The van der Waals surface area contributed by atoms with Crippen LogP contribution in [0.4, 0.5) is 4.39 Å². The SMILES string of the molecule is CC(C)(F)c1cc2ccc(O)cc2[nH]1. The quantitative estimate of drug-likeness (QED) is 0.717. The van der Waals surface area contributed by atoms with E-state index in [4.69, 9.17) is 0 Å². The Morgan fingerprint density at radius 3 is 2.64 bits per heavy atom. The maximum atomic E-state index is 13.6. The Morgan fingerprint density at radius 1 is 1.29 bits per heavy atom. The summed E-state index contributed by atoms with van der Waals surface area (Å²) in [5.74, 6) is 0.183. The minimum absolute atomic E-state index is 0.183. The van der Waals surface area contributed by atoms with E-state index in [0.717, 1.165) is 10.9 Å². The second kappa shape index (κ2) is 2.74. The van der Waals surface area contributed by atoms with Gasteiger partial charge in [0.15, 0.2) is 0 Å². The Labute approximate surface area is 81.4 Å². The van der Waals surface area contributed by atoms with E-state index in [9.17, 15) is 9.50 Å². The van der Waals surface area contributed by atoms with Crippen molar-refractivity contribution in [1.29, 1.82) is 0 Å². The number of phenols is 1. The topological polar surface area (TPSA) is 36.0 Å². The monoisotopic (exact) mass is 193 g/mol. The third-order valence-corrected chi connectivity index (χ3v) is 2.25. The lowest BCUT2D eigenvalue weighted by atomic mass is 10.1. The number of phenolic OH excluding ortho intramolecular Hbond substituents is 1. The highest BCUT2D eigenvalue weighted by Gasteiger charge is 2.20. The zero-order valence-electron chi connectivity index (χ0n) is 8.13. The Hall–Kier alpha value is -1.51. The number of fused-ring (bicyclic) bond motifs is 1. The van der Waals surface area contributed by atoms with Crippen molar-refractivity contribution in [2.24, 2.45) is 0 Å². The standard InChI is InChI=1S/C11H12FNO/c1-11(2,12)10-5-7-3-4-8(14)6-9(7)13-10/h3-6,13-14H,1-2H3. The van der Waals surface area contributed by atoms with Crippen molar-refractivity contribution in [3.8, 4) is 5.75 Å². The van der Waals surface area contributed by atoms with Crippen molar-refractivity contribution in [3.63, 3.8) is 0 Å². The number of rotatable bonds is 1. The molecule has 0 atom stereocenters. The molecule has 0 amide bonds. The molecule has 2 N–H and O–H groups in total. The molecular formula is C11H12FNO. The molecule has 3 heteroatoms. The number of hydrogen-bond donors (Lipinski definition) is 2. The van der Waals surface area contributed by atoms with E-state index in [1.54, 1.807) is 24.3 Å². The van der Waals surface area contributed by atoms with Gasteiger partial charge in [0, 0.05) is 17.0 Å². The molecule has 14 heavy (non-hydrogen) atoms. The van der Waals surface area contributed by atoms with Crippen LogP contribution in [0.15, 0.2) is 24.3 Å². The first-order valence-electron chi connectivity index (χ1n) is 4.48. The molecule has 0 aliphatic carbocycles. The summed E-state index contributed by atoms with van der Waals surface area (Å²) in [4.78, 5) is 2.94. The van der Waals surface area contributed by atoms with Gasteiger partial charge in [0.05, 0.1) is 5.69 Å². The fourth-order valence-electron chi connectivity index (χ4n) is 1.44. The highest BCUT2D eigenvalue weighted by atomic mass is 19.1. The second-order valence-electron chi connectivity index (χ2n) is 3.93. The largest absolute Gasteiger partial charge is 0.508 e. The van der Waals surface area contributed by atoms with Crippen LogP contribution < -0.4 is 0 Å². The Bertz CT molecular complexity index is 468. The zero-order valence-corrected chi connectivity index (χ0v) is 8.13. The number of benzene rings is 1. The Kier molecular flexibility index (Phi) is 1.77. The van der Waals surface area contributed by atoms with E-state index in [1.807, 2.05) is 0 Å². The average molecular weight is 193 g/mol. The van der Waals surface area contributed by atoms with E-state index in [2.05, 4.69) is 4.98 Å². The normalized spacial score (nSPS) is 12.2. The van der Waals surface area contributed by atoms with Gasteiger partial charge in [-0.3, -0.25) is 0 Å². The maximum Gasteiger partial charge on any atom is 0.145 e. The molecule has 0 bridgehead atoms. The van der Waals surface area contributed by atoms with E-state index < -0.39 is 5.67 Å². The van der Waals surface area contributed by atoms with Crippen molar-refractivity contribution in [2.45, 2.75) is 19.5 Å². The smallest absolute Gasteiger partial charge is 0.145 e. The summed E-state index contributed by atoms with van der Waals surface area (Å²) in [5, 5.41) is 10.1. The third kappa shape index (κ3) is 1.45. The molecule has 0 fully saturated rings. The Balaban J connectivity index is 2.63. The summed E-state index contributed by atoms with van der Waals surface area (Å²) in [6, 6.07) is 6.70. The van der Waals surface area contributed by atoms with Crippen molar-refractivity contribution in [1.82, 2.24) is 4.98 Å². The van der Waals surface area contributed by atoms with Gasteiger partial charge in [0.2, 0.25) is 0 Å². The van der Waals surface area contributed by atoms with Gasteiger partial charge in [-0.15, -0.1) is 0 Å². The molecule has 0 saturated heterocycles. The Morgan fingerprint density at radius 2 is 2.00 bits per heavy atom. The van der Waals surface area contributed by atoms with Gasteiger partial charge in [-0.1, -0.05) is 0 Å². The number of halogens is 1. The summed E-state index contributed by atoms with van der Waals surface area (Å²) in [6.07, 6.45) is 0. The zero-order chi connectivity index (χ0) is 10.3. The number of nitrogens with one attached hydrogen (secondary N) is 1. The molecule has 74 valence electrons. The van der Waals surface area contributed by atoms with Crippen LogP contribution >= 0.6 is 0 Å². The molecule has 0 aliphatic rings. The lowest BCUT2D eigenvalue weighted by Crippen LogP contribution is -2.08. The first kappa shape index (κ1) is 9.06. The van der Waals surface area contributed by atoms with Crippen LogP contribution in [0, 0.1) is 0 Å². The first-order chi connectivity index (χ1) is 6.47. The fraction of sp³-hybridized carbons (Fsp3) is 0.273. The molecule has 1 heterocycles. The molecule has 0 saturated carbocycles. The van der Waals surface area contributed by atoms with Crippen LogP contribution in [0.2, 0.25) is 0 Å². The van der Waals surface area contributed by atoms with Crippen LogP contribution in [0.25, 0.3) is 10.9 Å². The van der Waals surface area contributed by atoms with Gasteiger partial charge in [0.25, 0.3) is 0 Å². The lowest BCUT2D eigenvalue weighted by Gasteiger charge is -2.10. The van der Waals surface area contributed by atoms with E-state index in [0.29, 0.717) is 5.69 Å². The van der Waals surface area contributed by atoms with Crippen molar-refractivity contribution >= 4 is 10.9 Å². The van der Waals surface area contributed by atoms with E-state index in [1.165, 1.54) is 13.8 Å². The van der Waals surface area contributed by atoms with Crippen molar-refractivity contribution in [2.75, 3.05) is 0 Å². The van der Waals surface area contributed by atoms with Gasteiger partial charge < -0.3 is 10.1 Å². The minimum atomic E-state index is -1.38. The molecule has 1 aromatic heterocycles. The van der Waals surface area contributed by atoms with Crippen molar-refractivity contribution < 1.29 is 9.50 Å². The van der Waals surface area contributed by atoms with Crippen LogP contribution in [0.5, 0.6) is 5.75 Å². The summed E-state index contributed by atoms with van der Waals surface area (Å²) in [6.45, 7) is 3.00.